The van der Waals surface area contributed by atoms with Crippen molar-refractivity contribution in [1.82, 2.24) is 6.15 Å². The van der Waals surface area contributed by atoms with Gasteiger partial charge in [-0.2, -0.15) is 57.1 Å². The molecule has 4 N–H and O–H groups in total. The van der Waals surface area contributed by atoms with E-state index in [2.05, 4.69) is 0 Å². The molecule has 0 unspecified atom stereocenters. The first-order valence-electron chi connectivity index (χ1n) is 5.35. The molecule has 26 heavy (non-hydrogen) atoms. The molecular formula is C8H8F13NO3S. The molecule has 0 bridgehead atoms. The van der Waals surface area contributed by atoms with E-state index in [1.165, 1.54) is 0 Å². The van der Waals surface area contributed by atoms with Crippen molar-refractivity contribution in [2.75, 3.05) is 5.75 Å². The third kappa shape index (κ3) is 4.26. The van der Waals surface area contributed by atoms with Gasteiger partial charge < -0.3 is 10.7 Å². The standard InChI is InChI=1S/C8H5F13O3S.H3N/c9-3(10,1-2-25(22,23)24)4(11,12)5(13,14)6(15,16)7(17,18)8(19,20)21;/h1-2H2,(H,22,23,24);1H3. The van der Waals surface area contributed by atoms with E-state index < -0.39 is 58.1 Å². The van der Waals surface area contributed by atoms with Crippen LogP contribution in [0.3, 0.4) is 0 Å². The van der Waals surface area contributed by atoms with Gasteiger partial charge in [0.05, 0.1) is 10.1 Å². The summed E-state index contributed by atoms with van der Waals surface area (Å²) in [5.41, 5.74) is 0. The number of halogens is 13. The van der Waals surface area contributed by atoms with Gasteiger partial charge in [0, 0.05) is 12.2 Å². The van der Waals surface area contributed by atoms with Crippen molar-refractivity contribution in [2.45, 2.75) is 42.2 Å². The minimum Gasteiger partial charge on any atom is -0.748 e. The second kappa shape index (κ2) is 6.84. The molecular weight excluding hydrogens is 437 g/mol. The van der Waals surface area contributed by atoms with Gasteiger partial charge in [0.25, 0.3) is 0 Å². The zero-order valence-corrected chi connectivity index (χ0v) is 12.8. The minimum atomic E-state index is -8.05. The smallest absolute Gasteiger partial charge is 0.460 e. The number of hydrogen-bond donors (Lipinski definition) is 1. The molecule has 0 saturated carbocycles. The third-order valence-corrected chi connectivity index (χ3v) is 3.37. The fraction of sp³-hybridized carbons (Fsp3) is 1.00. The number of quaternary nitrogens is 1. The topological polar surface area (TPSA) is 93.7 Å². The Morgan fingerprint density at radius 2 is 0.923 bits per heavy atom. The maximum atomic E-state index is 13.0. The normalized spacial score (nSPS) is 15.6. The van der Waals surface area contributed by atoms with Crippen LogP contribution in [0.1, 0.15) is 6.42 Å². The van der Waals surface area contributed by atoms with Crippen LogP contribution in [0, 0.1) is 0 Å². The lowest BCUT2D eigenvalue weighted by atomic mass is 9.93. The van der Waals surface area contributed by atoms with Gasteiger partial charge in [0.2, 0.25) is 0 Å². The second-order valence-electron chi connectivity index (χ2n) is 4.51. The number of rotatable bonds is 7. The molecule has 0 aliphatic rings. The van der Waals surface area contributed by atoms with Crippen LogP contribution < -0.4 is 6.15 Å². The molecule has 0 aromatic carbocycles. The van der Waals surface area contributed by atoms with Crippen LogP contribution in [0.5, 0.6) is 0 Å². The molecule has 0 saturated heterocycles. The minimum absolute atomic E-state index is 0. The summed E-state index contributed by atoms with van der Waals surface area (Å²) in [6.07, 6.45) is -10.6. The predicted molar refractivity (Wildman–Crippen MR) is 56.0 cm³/mol. The summed E-state index contributed by atoms with van der Waals surface area (Å²) in [7, 11) is -5.77. The molecule has 0 spiro atoms. The zero-order valence-electron chi connectivity index (χ0n) is 12.0. The van der Waals surface area contributed by atoms with Crippen LogP contribution in [0.15, 0.2) is 0 Å². The van der Waals surface area contributed by atoms with E-state index in [0.29, 0.717) is 0 Å². The maximum Gasteiger partial charge on any atom is 0.460 e. The molecule has 4 nitrogen and oxygen atoms in total. The van der Waals surface area contributed by atoms with Crippen LogP contribution in [-0.2, 0) is 10.1 Å². The van der Waals surface area contributed by atoms with Crippen molar-refractivity contribution in [2.24, 2.45) is 0 Å². The SMILES string of the molecule is O=S(=O)([O-])CCC(F)(F)C(F)(F)C(F)(F)C(F)(F)C(F)(F)C(F)(F)F.[NH4+]. The molecule has 0 aliphatic heterocycles. The average molecular weight is 445 g/mol. The Hall–Kier alpha value is -1.04. The van der Waals surface area contributed by atoms with Gasteiger partial charge in [-0.05, 0) is 0 Å². The monoisotopic (exact) mass is 445 g/mol. The molecule has 160 valence electrons. The quantitative estimate of drug-likeness (QED) is 0.474. The first-order chi connectivity index (χ1) is 10.5. The van der Waals surface area contributed by atoms with E-state index in [1.807, 2.05) is 0 Å². The van der Waals surface area contributed by atoms with Gasteiger partial charge in [-0.1, -0.05) is 0 Å². The predicted octanol–water partition coefficient (Wildman–Crippen LogP) is 4.04. The average Bonchev–Trinajstić information content (AvgIpc) is 2.33. The van der Waals surface area contributed by atoms with Crippen LogP contribution in [-0.4, -0.2) is 54.5 Å². The summed E-state index contributed by atoms with van der Waals surface area (Å²) >= 11 is 0. The lowest BCUT2D eigenvalue weighted by molar-refractivity contribution is -0.439. The van der Waals surface area contributed by atoms with Crippen molar-refractivity contribution in [3.8, 4) is 0 Å². The highest BCUT2D eigenvalue weighted by Gasteiger charge is 2.90. The number of alkyl halides is 13. The van der Waals surface area contributed by atoms with Crippen LogP contribution in [0.25, 0.3) is 0 Å². The highest BCUT2D eigenvalue weighted by Crippen LogP contribution is 2.60. The van der Waals surface area contributed by atoms with E-state index in [1.54, 1.807) is 0 Å². The summed E-state index contributed by atoms with van der Waals surface area (Å²) < 4.78 is 193. The second-order valence-corrected chi connectivity index (χ2v) is 6.04. The van der Waals surface area contributed by atoms with Gasteiger partial charge in [-0.25, -0.2) is 8.42 Å². The van der Waals surface area contributed by atoms with Crippen LogP contribution in [0.2, 0.25) is 0 Å². The fourth-order valence-electron chi connectivity index (χ4n) is 1.21. The van der Waals surface area contributed by atoms with E-state index in [-0.39, 0.29) is 6.15 Å². The van der Waals surface area contributed by atoms with Crippen molar-refractivity contribution in [3.63, 3.8) is 0 Å². The Morgan fingerprint density at radius 3 is 1.19 bits per heavy atom. The molecule has 0 fully saturated rings. The van der Waals surface area contributed by atoms with E-state index in [9.17, 15) is 70.0 Å². The van der Waals surface area contributed by atoms with Crippen molar-refractivity contribution < 1.29 is 70.0 Å². The Morgan fingerprint density at radius 1 is 0.615 bits per heavy atom. The van der Waals surface area contributed by atoms with Crippen molar-refractivity contribution in [3.05, 3.63) is 0 Å². The Kier molecular flexibility index (Phi) is 7.15. The molecule has 0 rings (SSSR count). The van der Waals surface area contributed by atoms with Gasteiger partial charge in [-0.3, -0.25) is 0 Å². The molecule has 0 amide bonds. The first kappa shape index (κ1) is 27.2. The molecule has 0 aliphatic carbocycles. The van der Waals surface area contributed by atoms with Gasteiger partial charge in [-0.15, -0.1) is 0 Å². The Labute approximate surface area is 135 Å². The van der Waals surface area contributed by atoms with E-state index >= 15 is 0 Å². The zero-order chi connectivity index (χ0) is 20.9. The first-order valence-corrected chi connectivity index (χ1v) is 6.93. The molecule has 0 heterocycles. The van der Waals surface area contributed by atoms with Crippen molar-refractivity contribution >= 4 is 10.1 Å². The Bertz CT molecular complexity index is 597. The van der Waals surface area contributed by atoms with E-state index in [0.717, 1.165) is 0 Å². The summed E-state index contributed by atoms with van der Waals surface area (Å²) in [5.74, 6) is -40.6. The number of hydrogen-bond acceptors (Lipinski definition) is 3. The summed E-state index contributed by atoms with van der Waals surface area (Å²) in [4.78, 5) is 0. The van der Waals surface area contributed by atoms with Crippen LogP contribution >= 0.6 is 0 Å². The summed E-state index contributed by atoms with van der Waals surface area (Å²) in [5, 5.41) is 0. The van der Waals surface area contributed by atoms with E-state index in [4.69, 9.17) is 0 Å². The maximum absolute atomic E-state index is 13.0. The molecule has 0 atom stereocenters. The molecule has 0 aromatic rings. The highest BCUT2D eigenvalue weighted by atomic mass is 32.2. The highest BCUT2D eigenvalue weighted by molar-refractivity contribution is 7.85. The largest absolute Gasteiger partial charge is 0.748 e. The molecule has 0 aromatic heterocycles. The lowest BCUT2D eigenvalue weighted by Gasteiger charge is -2.39. The summed E-state index contributed by atoms with van der Waals surface area (Å²) in [6, 6.07) is 0. The Balaban J connectivity index is 0. The van der Waals surface area contributed by atoms with Gasteiger partial charge in [0.15, 0.2) is 0 Å². The lowest BCUT2D eigenvalue weighted by Crippen LogP contribution is -2.70. The van der Waals surface area contributed by atoms with Gasteiger partial charge >= 0.3 is 35.8 Å². The summed E-state index contributed by atoms with van der Waals surface area (Å²) in [6.45, 7) is 0. The van der Waals surface area contributed by atoms with Crippen molar-refractivity contribution in [1.29, 1.82) is 0 Å². The van der Waals surface area contributed by atoms with Gasteiger partial charge in [0.1, 0.15) is 0 Å². The molecule has 0 radical (unpaired) electrons. The fourth-order valence-corrected chi connectivity index (χ4v) is 1.72. The van der Waals surface area contributed by atoms with Crippen LogP contribution in [0.4, 0.5) is 57.1 Å². The third-order valence-electron chi connectivity index (χ3n) is 2.66. The molecule has 18 heteroatoms.